The number of aromatic nitrogens is 5. The van der Waals surface area contributed by atoms with Gasteiger partial charge in [-0.15, -0.1) is 5.10 Å². The van der Waals surface area contributed by atoms with Gasteiger partial charge in [-0.3, -0.25) is 4.84 Å². The van der Waals surface area contributed by atoms with Gasteiger partial charge in [0.1, 0.15) is 0 Å². The third-order valence-corrected chi connectivity index (χ3v) is 2.33. The molecule has 0 spiro atoms. The highest BCUT2D eigenvalue weighted by Gasteiger charge is 2.18. The second-order valence-corrected chi connectivity index (χ2v) is 3.70. The van der Waals surface area contributed by atoms with Crippen LogP contribution < -0.4 is 10.8 Å². The molecular formula is C10H15N7O. The predicted molar refractivity (Wildman–Crippen MR) is 65.0 cm³/mol. The summed E-state index contributed by atoms with van der Waals surface area (Å²) in [6, 6.07) is 1.44. The summed E-state index contributed by atoms with van der Waals surface area (Å²) in [5.41, 5.74) is 5.87. The molecule has 2 heterocycles. The lowest BCUT2D eigenvalue weighted by molar-refractivity contribution is 0.180. The first-order valence-electron chi connectivity index (χ1n) is 5.41. The Labute approximate surface area is 104 Å². The molecule has 0 aromatic carbocycles. The zero-order chi connectivity index (χ0) is 13.1. The van der Waals surface area contributed by atoms with E-state index in [2.05, 4.69) is 20.1 Å². The lowest BCUT2D eigenvalue weighted by atomic mass is 10.3. The lowest BCUT2D eigenvalue weighted by Gasteiger charge is -2.09. The molecule has 0 fully saturated rings. The van der Waals surface area contributed by atoms with Crippen molar-refractivity contribution in [3.63, 3.8) is 0 Å². The van der Waals surface area contributed by atoms with Crippen LogP contribution in [0.4, 0.5) is 5.95 Å². The maximum absolute atomic E-state index is 5.87. The summed E-state index contributed by atoms with van der Waals surface area (Å²) in [7, 11) is 3.24. The summed E-state index contributed by atoms with van der Waals surface area (Å²) in [6.07, 6.45) is 3.27. The average Bonchev–Trinajstić information content (AvgIpc) is 2.84. The van der Waals surface area contributed by atoms with Gasteiger partial charge in [0, 0.05) is 19.4 Å². The molecule has 0 unspecified atom stereocenters. The van der Waals surface area contributed by atoms with E-state index in [9.17, 15) is 0 Å². The largest absolute Gasteiger partial charge is 0.322 e. The van der Waals surface area contributed by atoms with Crippen LogP contribution in [0.15, 0.2) is 18.5 Å². The fourth-order valence-electron chi connectivity index (χ4n) is 1.37. The molecule has 2 aromatic rings. The number of hydrogen-bond donors (Lipinski definition) is 1. The minimum absolute atomic E-state index is 0.291. The molecule has 18 heavy (non-hydrogen) atoms. The zero-order valence-electron chi connectivity index (χ0n) is 10.5. The van der Waals surface area contributed by atoms with Gasteiger partial charge in [-0.2, -0.15) is 9.67 Å². The van der Waals surface area contributed by atoms with Gasteiger partial charge in [-0.25, -0.2) is 15.0 Å². The molecule has 2 aromatic heterocycles. The van der Waals surface area contributed by atoms with E-state index in [4.69, 9.17) is 10.6 Å². The van der Waals surface area contributed by atoms with Crippen LogP contribution in [0.2, 0.25) is 0 Å². The molecular weight excluding hydrogens is 234 g/mol. The number of nitrogens with two attached hydrogens (primary N) is 1. The van der Waals surface area contributed by atoms with E-state index in [-0.39, 0.29) is 6.04 Å². The van der Waals surface area contributed by atoms with E-state index in [0.717, 1.165) is 0 Å². The molecule has 0 bridgehead atoms. The number of anilines is 1. The fraction of sp³-hybridized carbons (Fsp3) is 0.400. The van der Waals surface area contributed by atoms with E-state index in [1.165, 1.54) is 16.9 Å². The minimum Gasteiger partial charge on any atom is -0.322 e. The van der Waals surface area contributed by atoms with Crippen molar-refractivity contribution in [2.75, 3.05) is 19.2 Å². The van der Waals surface area contributed by atoms with Gasteiger partial charge < -0.3 is 5.73 Å². The van der Waals surface area contributed by atoms with Crippen LogP contribution in [0.3, 0.4) is 0 Å². The maximum Gasteiger partial charge on any atom is 0.269 e. The third-order valence-electron chi connectivity index (χ3n) is 2.33. The first kappa shape index (κ1) is 12.4. The second kappa shape index (κ2) is 5.07. The molecule has 0 radical (unpaired) electrons. The van der Waals surface area contributed by atoms with Crippen molar-refractivity contribution in [1.82, 2.24) is 24.7 Å². The van der Waals surface area contributed by atoms with Crippen molar-refractivity contribution < 1.29 is 4.84 Å². The van der Waals surface area contributed by atoms with Gasteiger partial charge in [-0.05, 0) is 13.0 Å². The van der Waals surface area contributed by atoms with Gasteiger partial charge in [0.15, 0.2) is 5.82 Å². The van der Waals surface area contributed by atoms with E-state index >= 15 is 0 Å². The molecule has 96 valence electrons. The number of nitrogens with zero attached hydrogens (tertiary/aromatic N) is 6. The maximum atomic E-state index is 5.87. The topological polar surface area (TPSA) is 95.0 Å². The quantitative estimate of drug-likeness (QED) is 0.766. The van der Waals surface area contributed by atoms with E-state index in [1.54, 1.807) is 25.5 Å². The Hall–Kier alpha value is -2.06. The van der Waals surface area contributed by atoms with Gasteiger partial charge >= 0.3 is 0 Å². The molecule has 0 aliphatic rings. The van der Waals surface area contributed by atoms with E-state index in [0.29, 0.717) is 17.7 Å². The van der Waals surface area contributed by atoms with Crippen molar-refractivity contribution in [3.05, 3.63) is 24.3 Å². The molecule has 8 nitrogen and oxygen atoms in total. The molecule has 1 atom stereocenters. The highest BCUT2D eigenvalue weighted by Crippen LogP contribution is 2.15. The third kappa shape index (κ3) is 2.29. The summed E-state index contributed by atoms with van der Waals surface area (Å²) in [5, 5.41) is 5.71. The van der Waals surface area contributed by atoms with Crippen LogP contribution in [0.5, 0.6) is 0 Å². The molecule has 2 rings (SSSR count). The van der Waals surface area contributed by atoms with Crippen LogP contribution in [0.1, 0.15) is 18.8 Å². The smallest absolute Gasteiger partial charge is 0.269 e. The number of rotatable bonds is 4. The Bertz CT molecular complexity index is 510. The fourth-order valence-corrected chi connectivity index (χ4v) is 1.37. The molecule has 8 heteroatoms. The van der Waals surface area contributed by atoms with Crippen molar-refractivity contribution >= 4 is 5.95 Å². The van der Waals surface area contributed by atoms with E-state index < -0.39 is 0 Å². The van der Waals surface area contributed by atoms with Crippen molar-refractivity contribution in [2.45, 2.75) is 13.0 Å². The summed E-state index contributed by atoms with van der Waals surface area (Å²) >= 11 is 0. The molecule has 0 aliphatic carbocycles. The molecule has 0 amide bonds. The van der Waals surface area contributed by atoms with Crippen molar-refractivity contribution in [1.29, 1.82) is 0 Å². The Morgan fingerprint density at radius 2 is 2.06 bits per heavy atom. The van der Waals surface area contributed by atoms with Gasteiger partial charge in [0.25, 0.3) is 11.9 Å². The van der Waals surface area contributed by atoms with E-state index in [1.807, 2.05) is 6.92 Å². The molecule has 0 aliphatic heterocycles. The highest BCUT2D eigenvalue weighted by atomic mass is 16.7. The Kier molecular flexibility index (Phi) is 3.49. The van der Waals surface area contributed by atoms with Crippen molar-refractivity contribution in [2.24, 2.45) is 5.73 Å². The average molecular weight is 249 g/mol. The first-order chi connectivity index (χ1) is 8.63. The van der Waals surface area contributed by atoms with Crippen LogP contribution in [0.25, 0.3) is 5.95 Å². The summed E-state index contributed by atoms with van der Waals surface area (Å²) in [5.74, 6) is 1.39. The summed E-state index contributed by atoms with van der Waals surface area (Å²) in [6.45, 7) is 1.82. The Morgan fingerprint density at radius 1 is 1.39 bits per heavy atom. The van der Waals surface area contributed by atoms with Gasteiger partial charge in [0.2, 0.25) is 0 Å². The highest BCUT2D eigenvalue weighted by molar-refractivity contribution is 5.27. The Balaban J connectivity index is 2.49. The van der Waals surface area contributed by atoms with Crippen LogP contribution >= 0.6 is 0 Å². The van der Waals surface area contributed by atoms with Gasteiger partial charge in [-0.1, -0.05) is 0 Å². The van der Waals surface area contributed by atoms with Crippen molar-refractivity contribution in [3.8, 4) is 5.95 Å². The van der Waals surface area contributed by atoms with Crippen LogP contribution in [-0.2, 0) is 4.84 Å². The second-order valence-electron chi connectivity index (χ2n) is 3.70. The Morgan fingerprint density at radius 3 is 2.61 bits per heavy atom. The normalized spacial score (nSPS) is 12.4. The monoisotopic (exact) mass is 249 g/mol. The minimum atomic E-state index is -0.291. The van der Waals surface area contributed by atoms with Crippen LogP contribution in [0, 0.1) is 0 Å². The number of hydrogen-bond acceptors (Lipinski definition) is 7. The summed E-state index contributed by atoms with van der Waals surface area (Å²) < 4.78 is 1.51. The summed E-state index contributed by atoms with van der Waals surface area (Å²) in [4.78, 5) is 17.6. The first-order valence-corrected chi connectivity index (χ1v) is 5.41. The molecule has 2 N–H and O–H groups in total. The molecule has 0 saturated carbocycles. The van der Waals surface area contributed by atoms with Crippen LogP contribution in [-0.4, -0.2) is 38.9 Å². The lowest BCUT2D eigenvalue weighted by Crippen LogP contribution is -2.16. The molecule has 0 saturated heterocycles. The predicted octanol–water partition coefficient (Wildman–Crippen LogP) is 0.0746. The van der Waals surface area contributed by atoms with Gasteiger partial charge in [0.05, 0.1) is 13.2 Å². The number of hydroxylamine groups is 1. The standard InChI is InChI=1S/C10H15N7O/c1-7(11)8-14-10(16(2)18-3)15-17(8)9-12-5-4-6-13-9/h4-7H,11H2,1-3H3/t7-/m0/s1. The SMILES string of the molecule is CON(C)c1nc([C@H](C)N)n(-c2ncccn2)n1. The zero-order valence-corrected chi connectivity index (χ0v) is 10.5.